The molecule has 31 heavy (non-hydrogen) atoms. The first-order chi connectivity index (χ1) is 15.0. The van der Waals surface area contributed by atoms with E-state index in [4.69, 9.17) is 21.4 Å². The summed E-state index contributed by atoms with van der Waals surface area (Å²) in [5.74, 6) is 0.195. The normalized spacial score (nSPS) is 16.4. The first-order valence-corrected chi connectivity index (χ1v) is 10.7. The molecule has 1 aliphatic carbocycles. The summed E-state index contributed by atoms with van der Waals surface area (Å²) in [6.07, 6.45) is 2.17. The Labute approximate surface area is 186 Å². The quantitative estimate of drug-likeness (QED) is 0.484. The second kappa shape index (κ2) is 9.52. The maximum Gasteiger partial charge on any atom is 0.335 e. The topological polar surface area (TPSA) is 78.8 Å². The lowest BCUT2D eigenvalue weighted by atomic mass is 9.88. The summed E-state index contributed by atoms with van der Waals surface area (Å²) in [6, 6.07) is 20.0. The van der Waals surface area contributed by atoms with Gasteiger partial charge in [0.25, 0.3) is 0 Å². The van der Waals surface area contributed by atoms with Crippen molar-refractivity contribution in [2.24, 2.45) is 0 Å². The molecule has 0 spiro atoms. The van der Waals surface area contributed by atoms with Gasteiger partial charge < -0.3 is 20.3 Å². The molecule has 0 heterocycles. The maximum atomic E-state index is 11.2. The number of halogens is 1. The molecule has 5 nitrogen and oxygen atoms in total. The van der Waals surface area contributed by atoms with Crippen molar-refractivity contribution in [1.29, 1.82) is 0 Å². The van der Waals surface area contributed by atoms with Gasteiger partial charge in [-0.2, -0.15) is 0 Å². The molecule has 0 amide bonds. The highest BCUT2D eigenvalue weighted by molar-refractivity contribution is 6.30. The van der Waals surface area contributed by atoms with Crippen molar-refractivity contribution in [1.82, 2.24) is 5.32 Å². The van der Waals surface area contributed by atoms with E-state index in [1.807, 2.05) is 24.3 Å². The van der Waals surface area contributed by atoms with E-state index in [1.54, 1.807) is 24.3 Å². The van der Waals surface area contributed by atoms with Crippen LogP contribution in [0.4, 0.5) is 0 Å². The SMILES string of the molecule is O=C(O)c1cccc(Oc2ccc3c(c2)C[C@@H](NC[C@@H](O)c2cccc(Cl)c2)CC3)c1. The number of nitrogens with one attached hydrogen (secondary N) is 1. The number of aryl methyl sites for hydroxylation is 1. The van der Waals surface area contributed by atoms with E-state index in [0.717, 1.165) is 24.8 Å². The number of aromatic carboxylic acids is 1. The Hall–Kier alpha value is -2.86. The van der Waals surface area contributed by atoms with E-state index < -0.39 is 12.1 Å². The third-order valence-electron chi connectivity index (χ3n) is 5.56. The average Bonchev–Trinajstić information content (AvgIpc) is 2.77. The molecule has 160 valence electrons. The lowest BCUT2D eigenvalue weighted by Gasteiger charge is -2.27. The van der Waals surface area contributed by atoms with Gasteiger partial charge >= 0.3 is 5.97 Å². The molecule has 0 bridgehead atoms. The monoisotopic (exact) mass is 437 g/mol. The van der Waals surface area contributed by atoms with Crippen molar-refractivity contribution >= 4 is 17.6 Å². The van der Waals surface area contributed by atoms with E-state index in [9.17, 15) is 9.90 Å². The molecular formula is C25H24ClNO4. The summed E-state index contributed by atoms with van der Waals surface area (Å²) in [4.78, 5) is 11.2. The standard InChI is InChI=1S/C25H24ClNO4/c26-20-5-1-3-17(11-20)24(28)15-27-21-9-7-16-8-10-23(14-19(16)12-21)31-22-6-2-4-18(13-22)25(29)30/h1-6,8,10-11,13-14,21,24,27-28H,7,9,12,15H2,(H,29,30)/t21-,24+/m0/s1. The number of fused-ring (bicyclic) bond motifs is 1. The van der Waals surface area contributed by atoms with Crippen LogP contribution in [0.5, 0.6) is 11.5 Å². The number of ether oxygens (including phenoxy) is 1. The number of aliphatic hydroxyl groups is 1. The van der Waals surface area contributed by atoms with Gasteiger partial charge in [0.05, 0.1) is 11.7 Å². The van der Waals surface area contributed by atoms with Crippen LogP contribution in [-0.4, -0.2) is 28.8 Å². The van der Waals surface area contributed by atoms with Gasteiger partial charge in [-0.05, 0) is 78.4 Å². The number of hydrogen-bond donors (Lipinski definition) is 3. The molecule has 0 aliphatic heterocycles. The fourth-order valence-electron chi connectivity index (χ4n) is 3.91. The van der Waals surface area contributed by atoms with E-state index in [0.29, 0.717) is 23.1 Å². The lowest BCUT2D eigenvalue weighted by molar-refractivity contribution is 0.0696. The molecule has 3 N–H and O–H groups in total. The molecule has 0 aromatic heterocycles. The van der Waals surface area contributed by atoms with Gasteiger partial charge in [-0.15, -0.1) is 0 Å². The van der Waals surface area contributed by atoms with Crippen LogP contribution in [0.1, 0.15) is 39.6 Å². The fourth-order valence-corrected chi connectivity index (χ4v) is 4.11. The van der Waals surface area contributed by atoms with Crippen molar-refractivity contribution in [2.45, 2.75) is 31.4 Å². The summed E-state index contributed by atoms with van der Waals surface area (Å²) in [6.45, 7) is 0.457. The zero-order valence-electron chi connectivity index (χ0n) is 16.9. The van der Waals surface area contributed by atoms with Crippen molar-refractivity contribution < 1.29 is 19.7 Å². The molecule has 4 rings (SSSR count). The summed E-state index contributed by atoms with van der Waals surface area (Å²) in [7, 11) is 0. The van der Waals surface area contributed by atoms with Crippen LogP contribution >= 0.6 is 11.6 Å². The molecule has 0 saturated heterocycles. The second-order valence-electron chi connectivity index (χ2n) is 7.78. The van der Waals surface area contributed by atoms with Crippen LogP contribution in [0.2, 0.25) is 5.02 Å². The van der Waals surface area contributed by atoms with Crippen LogP contribution in [0.15, 0.2) is 66.7 Å². The maximum absolute atomic E-state index is 11.2. The van der Waals surface area contributed by atoms with Gasteiger partial charge in [0.1, 0.15) is 11.5 Å². The highest BCUT2D eigenvalue weighted by Gasteiger charge is 2.20. The highest BCUT2D eigenvalue weighted by Crippen LogP contribution is 2.29. The van der Waals surface area contributed by atoms with Crippen molar-refractivity contribution in [3.05, 3.63) is 94.0 Å². The zero-order valence-corrected chi connectivity index (χ0v) is 17.7. The smallest absolute Gasteiger partial charge is 0.335 e. The Kier molecular flexibility index (Phi) is 6.56. The Morgan fingerprint density at radius 3 is 2.68 bits per heavy atom. The molecular weight excluding hydrogens is 414 g/mol. The molecule has 2 atom stereocenters. The molecule has 1 aliphatic rings. The largest absolute Gasteiger partial charge is 0.478 e. The predicted molar refractivity (Wildman–Crippen MR) is 120 cm³/mol. The Morgan fingerprint density at radius 1 is 1.06 bits per heavy atom. The van der Waals surface area contributed by atoms with Crippen LogP contribution in [0, 0.1) is 0 Å². The molecule has 6 heteroatoms. The van der Waals surface area contributed by atoms with Gasteiger partial charge in [-0.25, -0.2) is 4.79 Å². The van der Waals surface area contributed by atoms with E-state index in [2.05, 4.69) is 11.4 Å². The first-order valence-electron chi connectivity index (χ1n) is 10.3. The minimum atomic E-state index is -0.982. The zero-order chi connectivity index (χ0) is 21.8. The predicted octanol–water partition coefficient (Wildman–Crippen LogP) is 5.01. The first kappa shape index (κ1) is 21.4. The Morgan fingerprint density at radius 2 is 1.87 bits per heavy atom. The number of rotatable bonds is 7. The Balaban J connectivity index is 1.39. The Bertz CT molecular complexity index is 1080. The molecule has 0 radical (unpaired) electrons. The van der Waals surface area contributed by atoms with Crippen molar-refractivity contribution in [2.75, 3.05) is 6.54 Å². The van der Waals surface area contributed by atoms with Gasteiger partial charge in [-0.1, -0.05) is 35.9 Å². The number of benzene rings is 3. The number of carboxylic acids is 1. The van der Waals surface area contributed by atoms with Gasteiger partial charge in [-0.3, -0.25) is 0 Å². The van der Waals surface area contributed by atoms with Crippen molar-refractivity contribution in [3.8, 4) is 11.5 Å². The third-order valence-corrected chi connectivity index (χ3v) is 5.79. The van der Waals surface area contributed by atoms with Gasteiger partial charge in [0, 0.05) is 17.6 Å². The summed E-state index contributed by atoms with van der Waals surface area (Å²) < 4.78 is 5.90. The minimum Gasteiger partial charge on any atom is -0.478 e. The number of aliphatic hydroxyl groups excluding tert-OH is 1. The molecule has 3 aromatic rings. The second-order valence-corrected chi connectivity index (χ2v) is 8.22. The fraction of sp³-hybridized carbons (Fsp3) is 0.240. The van der Waals surface area contributed by atoms with E-state index in [1.165, 1.54) is 23.3 Å². The average molecular weight is 438 g/mol. The number of carbonyl (C=O) groups is 1. The summed E-state index contributed by atoms with van der Waals surface area (Å²) in [5, 5.41) is 23.7. The molecule has 3 aromatic carbocycles. The van der Waals surface area contributed by atoms with Gasteiger partial charge in [0.2, 0.25) is 0 Å². The van der Waals surface area contributed by atoms with E-state index >= 15 is 0 Å². The minimum absolute atomic E-state index is 0.193. The van der Waals surface area contributed by atoms with Crippen LogP contribution in [0.3, 0.4) is 0 Å². The number of hydrogen-bond acceptors (Lipinski definition) is 4. The molecule has 0 unspecified atom stereocenters. The molecule has 0 fully saturated rings. The summed E-state index contributed by atoms with van der Waals surface area (Å²) in [5.41, 5.74) is 3.49. The number of carboxylic acid groups (broad SMARTS) is 1. The highest BCUT2D eigenvalue weighted by atomic mass is 35.5. The lowest BCUT2D eigenvalue weighted by Crippen LogP contribution is -2.37. The van der Waals surface area contributed by atoms with Crippen LogP contribution in [-0.2, 0) is 12.8 Å². The third kappa shape index (κ3) is 5.44. The van der Waals surface area contributed by atoms with Crippen LogP contribution in [0.25, 0.3) is 0 Å². The molecule has 0 saturated carbocycles. The van der Waals surface area contributed by atoms with E-state index in [-0.39, 0.29) is 11.6 Å². The summed E-state index contributed by atoms with van der Waals surface area (Å²) >= 11 is 6.02. The van der Waals surface area contributed by atoms with Crippen LogP contribution < -0.4 is 10.1 Å². The van der Waals surface area contributed by atoms with Gasteiger partial charge in [0.15, 0.2) is 0 Å². The van der Waals surface area contributed by atoms with Crippen molar-refractivity contribution in [3.63, 3.8) is 0 Å².